The Kier molecular flexibility index (Phi) is 6.32. The van der Waals surface area contributed by atoms with Crippen LogP contribution < -0.4 is 15.4 Å². The SMILES string of the molecule is COc1ccc([C@@H](C)NCCc2ccc(NC(C)=O)cc2)cc1F. The van der Waals surface area contributed by atoms with E-state index in [1.54, 1.807) is 6.07 Å². The summed E-state index contributed by atoms with van der Waals surface area (Å²) in [6.07, 6.45) is 0.851. The molecule has 0 spiro atoms. The molecule has 4 nitrogen and oxygen atoms in total. The number of nitrogens with one attached hydrogen (secondary N) is 2. The Balaban J connectivity index is 1.85. The van der Waals surface area contributed by atoms with E-state index in [0.29, 0.717) is 0 Å². The average Bonchev–Trinajstić information content (AvgIpc) is 2.55. The standard InChI is InChI=1S/C19H23FN2O2/c1-13(16-6-9-19(24-3)18(20)12-16)21-11-10-15-4-7-17(8-5-15)22-14(2)23/h4-9,12-13,21H,10-11H2,1-3H3,(H,22,23)/t13-/m1/s1. The molecule has 5 heteroatoms. The molecule has 1 atom stereocenters. The minimum absolute atomic E-state index is 0.0454. The first-order valence-corrected chi connectivity index (χ1v) is 7.93. The highest BCUT2D eigenvalue weighted by Gasteiger charge is 2.09. The molecule has 0 radical (unpaired) electrons. The maximum absolute atomic E-state index is 13.7. The van der Waals surface area contributed by atoms with Gasteiger partial charge in [-0.25, -0.2) is 4.39 Å². The van der Waals surface area contributed by atoms with Crippen molar-refractivity contribution in [3.8, 4) is 5.75 Å². The fourth-order valence-electron chi connectivity index (χ4n) is 2.46. The molecule has 0 aliphatic carbocycles. The first-order chi connectivity index (χ1) is 11.5. The largest absolute Gasteiger partial charge is 0.494 e. The van der Waals surface area contributed by atoms with E-state index in [4.69, 9.17) is 4.74 Å². The molecule has 2 rings (SSSR count). The summed E-state index contributed by atoms with van der Waals surface area (Å²) in [6, 6.07) is 12.8. The number of carbonyl (C=O) groups excluding carboxylic acids is 1. The van der Waals surface area contributed by atoms with Crippen molar-refractivity contribution in [3.05, 3.63) is 59.4 Å². The molecule has 0 saturated carbocycles. The lowest BCUT2D eigenvalue weighted by atomic mass is 10.1. The Bertz CT molecular complexity index is 686. The van der Waals surface area contributed by atoms with Crippen LogP contribution in [0.25, 0.3) is 0 Å². The fraction of sp³-hybridized carbons (Fsp3) is 0.316. The third-order valence-corrected chi connectivity index (χ3v) is 3.81. The zero-order valence-electron chi connectivity index (χ0n) is 14.2. The van der Waals surface area contributed by atoms with Crippen molar-refractivity contribution in [3.63, 3.8) is 0 Å². The van der Waals surface area contributed by atoms with Gasteiger partial charge in [0.15, 0.2) is 11.6 Å². The van der Waals surface area contributed by atoms with E-state index >= 15 is 0 Å². The highest BCUT2D eigenvalue weighted by Crippen LogP contribution is 2.21. The van der Waals surface area contributed by atoms with E-state index < -0.39 is 0 Å². The van der Waals surface area contributed by atoms with Gasteiger partial charge >= 0.3 is 0 Å². The summed E-state index contributed by atoms with van der Waals surface area (Å²) in [4.78, 5) is 11.0. The van der Waals surface area contributed by atoms with Crippen LogP contribution in [-0.4, -0.2) is 19.6 Å². The average molecular weight is 330 g/mol. The Labute approximate surface area is 142 Å². The summed E-state index contributed by atoms with van der Waals surface area (Å²) in [7, 11) is 1.46. The van der Waals surface area contributed by atoms with Gasteiger partial charge < -0.3 is 15.4 Å². The van der Waals surface area contributed by atoms with Gasteiger partial charge in [-0.05, 0) is 55.3 Å². The van der Waals surface area contributed by atoms with Crippen molar-refractivity contribution in [1.29, 1.82) is 0 Å². The molecule has 2 aromatic rings. The fourth-order valence-corrected chi connectivity index (χ4v) is 2.46. The maximum atomic E-state index is 13.7. The van der Waals surface area contributed by atoms with Gasteiger partial charge in [-0.1, -0.05) is 18.2 Å². The van der Waals surface area contributed by atoms with Crippen LogP contribution in [0.1, 0.15) is 31.0 Å². The molecule has 0 saturated heterocycles. The molecule has 2 N–H and O–H groups in total. The molecule has 1 amide bonds. The third-order valence-electron chi connectivity index (χ3n) is 3.81. The normalized spacial score (nSPS) is 11.8. The molecule has 0 aromatic heterocycles. The number of rotatable bonds is 7. The zero-order chi connectivity index (χ0) is 17.5. The highest BCUT2D eigenvalue weighted by molar-refractivity contribution is 5.88. The predicted octanol–water partition coefficient (Wildman–Crippen LogP) is 3.69. The van der Waals surface area contributed by atoms with E-state index in [0.717, 1.165) is 24.2 Å². The van der Waals surface area contributed by atoms with Crippen molar-refractivity contribution in [2.24, 2.45) is 0 Å². The summed E-state index contributed by atoms with van der Waals surface area (Å²) < 4.78 is 18.7. The lowest BCUT2D eigenvalue weighted by Crippen LogP contribution is -2.21. The van der Waals surface area contributed by atoms with E-state index in [1.165, 1.54) is 25.7 Å². The van der Waals surface area contributed by atoms with Gasteiger partial charge in [0.25, 0.3) is 0 Å². The molecule has 128 valence electrons. The molecular formula is C19H23FN2O2. The Morgan fingerprint density at radius 1 is 1.21 bits per heavy atom. The van der Waals surface area contributed by atoms with Crippen molar-refractivity contribution < 1.29 is 13.9 Å². The molecule has 24 heavy (non-hydrogen) atoms. The second-order valence-corrected chi connectivity index (χ2v) is 5.70. The third kappa shape index (κ3) is 5.06. The number of benzene rings is 2. The molecular weight excluding hydrogens is 307 g/mol. The number of ether oxygens (including phenoxy) is 1. The van der Waals surface area contributed by atoms with Crippen molar-refractivity contribution >= 4 is 11.6 Å². The molecule has 0 aliphatic rings. The molecule has 2 aromatic carbocycles. The number of methoxy groups -OCH3 is 1. The van der Waals surface area contributed by atoms with Gasteiger partial charge in [0.1, 0.15) is 0 Å². The molecule has 0 aliphatic heterocycles. The second-order valence-electron chi connectivity index (χ2n) is 5.70. The van der Waals surface area contributed by atoms with Gasteiger partial charge in [-0.3, -0.25) is 4.79 Å². The van der Waals surface area contributed by atoms with Crippen LogP contribution in [-0.2, 0) is 11.2 Å². The maximum Gasteiger partial charge on any atom is 0.221 e. The van der Waals surface area contributed by atoms with Gasteiger partial charge in [0, 0.05) is 18.7 Å². The summed E-state index contributed by atoms with van der Waals surface area (Å²) in [5, 5.41) is 6.12. The lowest BCUT2D eigenvalue weighted by Gasteiger charge is -2.15. The van der Waals surface area contributed by atoms with Gasteiger partial charge in [0.2, 0.25) is 5.91 Å². The molecule has 0 heterocycles. The number of halogens is 1. The van der Waals surface area contributed by atoms with Crippen LogP contribution in [0.5, 0.6) is 5.75 Å². The topological polar surface area (TPSA) is 50.4 Å². The van der Waals surface area contributed by atoms with E-state index in [1.807, 2.05) is 37.3 Å². The number of amides is 1. The molecule has 0 fully saturated rings. The van der Waals surface area contributed by atoms with E-state index in [9.17, 15) is 9.18 Å². The van der Waals surface area contributed by atoms with Crippen molar-refractivity contribution in [1.82, 2.24) is 5.32 Å². The monoisotopic (exact) mass is 330 g/mol. The van der Waals surface area contributed by atoms with Crippen LogP contribution >= 0.6 is 0 Å². The Hall–Kier alpha value is -2.40. The first kappa shape index (κ1) is 17.9. The van der Waals surface area contributed by atoms with Crippen LogP contribution in [0, 0.1) is 5.82 Å². The number of anilines is 1. The second kappa shape index (κ2) is 8.45. The van der Waals surface area contributed by atoms with Crippen LogP contribution in [0.15, 0.2) is 42.5 Å². The van der Waals surface area contributed by atoms with Crippen LogP contribution in [0.4, 0.5) is 10.1 Å². The smallest absolute Gasteiger partial charge is 0.221 e. The minimum atomic E-state index is -0.350. The Morgan fingerprint density at radius 3 is 2.50 bits per heavy atom. The van der Waals surface area contributed by atoms with Gasteiger partial charge in [-0.2, -0.15) is 0 Å². The van der Waals surface area contributed by atoms with Crippen LogP contribution in [0.3, 0.4) is 0 Å². The summed E-state index contributed by atoms with van der Waals surface area (Å²) >= 11 is 0. The highest BCUT2D eigenvalue weighted by atomic mass is 19.1. The molecule has 0 unspecified atom stereocenters. The lowest BCUT2D eigenvalue weighted by molar-refractivity contribution is -0.114. The Morgan fingerprint density at radius 2 is 1.92 bits per heavy atom. The van der Waals surface area contributed by atoms with E-state index in [2.05, 4.69) is 10.6 Å². The van der Waals surface area contributed by atoms with Crippen molar-refractivity contribution in [2.75, 3.05) is 19.0 Å². The first-order valence-electron chi connectivity index (χ1n) is 7.93. The molecule has 0 bridgehead atoms. The minimum Gasteiger partial charge on any atom is -0.494 e. The van der Waals surface area contributed by atoms with Gasteiger partial charge in [-0.15, -0.1) is 0 Å². The number of carbonyl (C=O) groups is 1. The van der Waals surface area contributed by atoms with Crippen LogP contribution in [0.2, 0.25) is 0 Å². The number of hydrogen-bond donors (Lipinski definition) is 2. The summed E-state index contributed by atoms with van der Waals surface area (Å²) in [5.41, 5.74) is 2.85. The van der Waals surface area contributed by atoms with Gasteiger partial charge in [0.05, 0.1) is 7.11 Å². The van der Waals surface area contributed by atoms with Crippen molar-refractivity contribution in [2.45, 2.75) is 26.3 Å². The quantitative estimate of drug-likeness (QED) is 0.814. The van der Waals surface area contributed by atoms with E-state index in [-0.39, 0.29) is 23.5 Å². The number of hydrogen-bond acceptors (Lipinski definition) is 3. The predicted molar refractivity (Wildman–Crippen MR) is 93.8 cm³/mol. The summed E-state index contributed by atoms with van der Waals surface area (Å²) in [6.45, 7) is 4.26. The zero-order valence-corrected chi connectivity index (χ0v) is 14.2. The summed E-state index contributed by atoms with van der Waals surface area (Å²) in [5.74, 6) is -0.174.